The van der Waals surface area contributed by atoms with Gasteiger partial charge in [0.2, 0.25) is 11.8 Å². The van der Waals surface area contributed by atoms with E-state index in [9.17, 15) is 19.5 Å². The van der Waals surface area contributed by atoms with Gasteiger partial charge in [-0.1, -0.05) is 83.9 Å². The standard InChI is InChI=1S/C33H35Cl2N3O4S/c1-21-10-7-8-13-23(21)19-36-31(41)30-33(2,3)43-20-38(30)32(42)29(40)27(18-22-11-5-4-6-12-22)37-28(39)17-16-24-25(34)14-9-15-26(24)35/h4-17,27,29-30,40H,18-20H2,1-3H3,(H,36,41)(H,37,39)/t27?,29-,30?/m0/s1. The van der Waals surface area contributed by atoms with Gasteiger partial charge in [-0.25, -0.2) is 0 Å². The first-order valence-electron chi connectivity index (χ1n) is 13.9. The molecule has 2 unspecified atom stereocenters. The Morgan fingerprint density at radius 2 is 1.67 bits per heavy atom. The summed E-state index contributed by atoms with van der Waals surface area (Å²) in [5.41, 5.74) is 3.33. The highest BCUT2D eigenvalue weighted by Gasteiger charge is 2.49. The molecule has 0 radical (unpaired) electrons. The highest BCUT2D eigenvalue weighted by molar-refractivity contribution is 8.00. The molecule has 0 spiro atoms. The zero-order valence-electron chi connectivity index (χ0n) is 24.2. The van der Waals surface area contributed by atoms with E-state index < -0.39 is 34.7 Å². The largest absolute Gasteiger partial charge is 0.381 e. The normalized spacial score (nSPS) is 17.4. The number of carbonyl (C=O) groups is 3. The van der Waals surface area contributed by atoms with Crippen molar-refractivity contribution in [2.75, 3.05) is 5.88 Å². The van der Waals surface area contributed by atoms with E-state index in [1.165, 1.54) is 28.8 Å². The number of benzene rings is 3. The van der Waals surface area contributed by atoms with Crippen molar-refractivity contribution in [3.05, 3.63) is 111 Å². The van der Waals surface area contributed by atoms with Gasteiger partial charge in [-0.05, 0) is 62.1 Å². The molecule has 3 N–H and O–H groups in total. The fourth-order valence-corrected chi connectivity index (χ4v) is 6.68. The summed E-state index contributed by atoms with van der Waals surface area (Å²) in [4.78, 5) is 41.8. The molecular weight excluding hydrogens is 605 g/mol. The van der Waals surface area contributed by atoms with Crippen LogP contribution in [0.4, 0.5) is 0 Å². The lowest BCUT2D eigenvalue weighted by Gasteiger charge is -2.33. The molecule has 7 nitrogen and oxygen atoms in total. The predicted octanol–water partition coefficient (Wildman–Crippen LogP) is 5.40. The Labute approximate surface area is 266 Å². The molecule has 1 fully saturated rings. The molecule has 10 heteroatoms. The smallest absolute Gasteiger partial charge is 0.254 e. The van der Waals surface area contributed by atoms with Crippen molar-refractivity contribution in [3.8, 4) is 0 Å². The monoisotopic (exact) mass is 639 g/mol. The number of aryl methyl sites for hydroxylation is 1. The fraction of sp³-hybridized carbons (Fsp3) is 0.303. The molecule has 0 aromatic heterocycles. The Balaban J connectivity index is 1.53. The van der Waals surface area contributed by atoms with Crippen LogP contribution in [0, 0.1) is 6.92 Å². The van der Waals surface area contributed by atoms with E-state index in [1.54, 1.807) is 18.2 Å². The molecule has 1 heterocycles. The molecule has 3 aromatic rings. The van der Waals surface area contributed by atoms with Crippen LogP contribution in [0.3, 0.4) is 0 Å². The van der Waals surface area contributed by atoms with Gasteiger partial charge in [-0.3, -0.25) is 14.4 Å². The minimum absolute atomic E-state index is 0.189. The van der Waals surface area contributed by atoms with Crippen molar-refractivity contribution >= 4 is 58.8 Å². The third-order valence-corrected chi connectivity index (χ3v) is 9.49. The van der Waals surface area contributed by atoms with Gasteiger partial charge in [-0.2, -0.15) is 0 Å². The number of halogens is 2. The van der Waals surface area contributed by atoms with Crippen LogP contribution in [0.1, 0.15) is 36.1 Å². The topological polar surface area (TPSA) is 98.7 Å². The average Bonchev–Trinajstić information content (AvgIpc) is 3.30. The molecule has 1 saturated heterocycles. The van der Waals surface area contributed by atoms with Crippen molar-refractivity contribution in [3.63, 3.8) is 0 Å². The highest BCUT2D eigenvalue weighted by Crippen LogP contribution is 2.40. The molecule has 0 aliphatic carbocycles. The summed E-state index contributed by atoms with van der Waals surface area (Å²) in [6.07, 6.45) is 1.33. The maximum atomic E-state index is 13.8. The first kappa shape index (κ1) is 32.6. The van der Waals surface area contributed by atoms with Gasteiger partial charge in [0.05, 0.1) is 11.9 Å². The lowest BCUT2D eigenvalue weighted by molar-refractivity contribution is -0.147. The number of aliphatic hydroxyl groups excluding tert-OH is 1. The van der Waals surface area contributed by atoms with Crippen molar-refractivity contribution in [2.24, 2.45) is 0 Å². The predicted molar refractivity (Wildman–Crippen MR) is 174 cm³/mol. The van der Waals surface area contributed by atoms with Crippen LogP contribution < -0.4 is 10.6 Å². The van der Waals surface area contributed by atoms with Crippen LogP contribution >= 0.6 is 35.0 Å². The molecule has 1 aliphatic rings. The van der Waals surface area contributed by atoms with Gasteiger partial charge >= 0.3 is 0 Å². The van der Waals surface area contributed by atoms with Gasteiger partial charge in [0.15, 0.2) is 6.10 Å². The third kappa shape index (κ3) is 8.21. The van der Waals surface area contributed by atoms with Crippen LogP contribution in [0.25, 0.3) is 6.08 Å². The van der Waals surface area contributed by atoms with Gasteiger partial charge < -0.3 is 20.6 Å². The van der Waals surface area contributed by atoms with E-state index in [0.717, 1.165) is 16.7 Å². The van der Waals surface area contributed by atoms with E-state index in [0.29, 0.717) is 22.2 Å². The number of hydrogen-bond acceptors (Lipinski definition) is 5. The SMILES string of the molecule is Cc1ccccc1CNC(=O)C1N(C(=O)[C@@H](O)C(Cc2ccccc2)NC(=O)C=Cc2c(Cl)cccc2Cl)CSC1(C)C. The second-order valence-corrected chi connectivity index (χ2v) is 13.4. The molecule has 3 aromatic carbocycles. The summed E-state index contributed by atoms with van der Waals surface area (Å²) in [5.74, 6) is -1.25. The maximum Gasteiger partial charge on any atom is 0.254 e. The Morgan fingerprint density at radius 3 is 2.35 bits per heavy atom. The summed E-state index contributed by atoms with van der Waals surface area (Å²) in [7, 11) is 0. The number of nitrogens with zero attached hydrogens (tertiary/aromatic N) is 1. The zero-order chi connectivity index (χ0) is 31.1. The number of hydrogen-bond donors (Lipinski definition) is 3. The minimum atomic E-state index is -1.61. The van der Waals surface area contributed by atoms with Crippen LogP contribution in [0.2, 0.25) is 10.0 Å². The molecule has 4 rings (SSSR count). The number of nitrogens with one attached hydrogen (secondary N) is 2. The van der Waals surface area contributed by atoms with Crippen LogP contribution in [0.15, 0.2) is 78.9 Å². The summed E-state index contributed by atoms with van der Waals surface area (Å²) in [6, 6.07) is 20.3. The van der Waals surface area contributed by atoms with Crippen LogP contribution in [-0.4, -0.2) is 56.5 Å². The molecule has 226 valence electrons. The first-order chi connectivity index (χ1) is 20.5. The number of amides is 3. The van der Waals surface area contributed by atoms with Gasteiger partial charge in [-0.15, -0.1) is 11.8 Å². The average molecular weight is 641 g/mol. The van der Waals surface area contributed by atoms with Crippen LogP contribution in [0.5, 0.6) is 0 Å². The molecule has 1 aliphatic heterocycles. The Morgan fingerprint density at radius 1 is 1.02 bits per heavy atom. The van der Waals surface area contributed by atoms with E-state index in [2.05, 4.69) is 10.6 Å². The lowest BCUT2D eigenvalue weighted by atomic mass is 9.97. The van der Waals surface area contributed by atoms with Gasteiger partial charge in [0, 0.05) is 33.0 Å². The number of aliphatic hydroxyl groups is 1. The zero-order valence-corrected chi connectivity index (χ0v) is 26.5. The summed E-state index contributed by atoms with van der Waals surface area (Å²) in [6.45, 7) is 6.11. The number of carbonyl (C=O) groups excluding carboxylic acids is 3. The Hall–Kier alpha value is -3.30. The lowest BCUT2D eigenvalue weighted by Crippen LogP contribution is -2.58. The maximum absolute atomic E-state index is 13.8. The van der Waals surface area contributed by atoms with Gasteiger partial charge in [0.1, 0.15) is 6.04 Å². The Kier molecular flexibility index (Phi) is 11.0. The molecule has 3 amide bonds. The molecule has 43 heavy (non-hydrogen) atoms. The number of rotatable bonds is 10. The van der Waals surface area contributed by atoms with E-state index >= 15 is 0 Å². The van der Waals surface area contributed by atoms with Crippen molar-refractivity contribution in [2.45, 2.75) is 56.7 Å². The Bertz CT molecular complexity index is 1480. The fourth-order valence-electron chi connectivity index (χ4n) is 5.01. The van der Waals surface area contributed by atoms with Gasteiger partial charge in [0.25, 0.3) is 5.91 Å². The van der Waals surface area contributed by atoms with E-state index in [-0.39, 0.29) is 18.2 Å². The second kappa shape index (κ2) is 14.4. The minimum Gasteiger partial charge on any atom is -0.381 e. The summed E-state index contributed by atoms with van der Waals surface area (Å²) >= 11 is 13.9. The summed E-state index contributed by atoms with van der Waals surface area (Å²) < 4.78 is -0.597. The summed E-state index contributed by atoms with van der Waals surface area (Å²) in [5, 5.41) is 17.9. The third-order valence-electron chi connectivity index (χ3n) is 7.45. The molecule has 0 saturated carbocycles. The molecular formula is C33H35Cl2N3O4S. The quantitative estimate of drug-likeness (QED) is 0.258. The second-order valence-electron chi connectivity index (χ2n) is 11.0. The molecule has 0 bridgehead atoms. The van der Waals surface area contributed by atoms with Crippen molar-refractivity contribution in [1.29, 1.82) is 0 Å². The van der Waals surface area contributed by atoms with E-state index in [4.69, 9.17) is 23.2 Å². The van der Waals surface area contributed by atoms with Crippen LogP contribution in [-0.2, 0) is 27.3 Å². The highest BCUT2D eigenvalue weighted by atomic mass is 35.5. The number of thioether (sulfide) groups is 1. The molecule has 3 atom stereocenters. The van der Waals surface area contributed by atoms with Crippen molar-refractivity contribution < 1.29 is 19.5 Å². The van der Waals surface area contributed by atoms with Crippen molar-refractivity contribution in [1.82, 2.24) is 15.5 Å². The first-order valence-corrected chi connectivity index (χ1v) is 15.6. The van der Waals surface area contributed by atoms with E-state index in [1.807, 2.05) is 75.4 Å².